The summed E-state index contributed by atoms with van der Waals surface area (Å²) in [4.78, 5) is 14.9. The molecule has 16 heavy (non-hydrogen) atoms. The quantitative estimate of drug-likeness (QED) is 0.690. The van der Waals surface area contributed by atoms with Gasteiger partial charge in [-0.2, -0.15) is 0 Å². The van der Waals surface area contributed by atoms with Crippen LogP contribution in [-0.2, 0) is 0 Å². The SMILES string of the molecule is CCCCN(CCBr)C(=O)c1sccc1Br. The van der Waals surface area contributed by atoms with Crippen molar-refractivity contribution in [2.45, 2.75) is 19.8 Å². The van der Waals surface area contributed by atoms with Gasteiger partial charge in [-0.05, 0) is 33.8 Å². The second-order valence-electron chi connectivity index (χ2n) is 3.43. The van der Waals surface area contributed by atoms with Crippen molar-refractivity contribution >= 4 is 49.1 Å². The van der Waals surface area contributed by atoms with Gasteiger partial charge in [0.2, 0.25) is 0 Å². The van der Waals surface area contributed by atoms with Crippen molar-refractivity contribution in [2.24, 2.45) is 0 Å². The number of hydrogen-bond acceptors (Lipinski definition) is 2. The van der Waals surface area contributed by atoms with Gasteiger partial charge in [-0.15, -0.1) is 11.3 Å². The van der Waals surface area contributed by atoms with E-state index in [0.29, 0.717) is 0 Å². The standard InChI is InChI=1S/C11H15Br2NOS/c1-2-3-6-14(7-5-12)11(15)10-9(13)4-8-16-10/h4,8H,2-3,5-7H2,1H3. The van der Waals surface area contributed by atoms with E-state index in [4.69, 9.17) is 0 Å². The van der Waals surface area contributed by atoms with Gasteiger partial charge in [-0.25, -0.2) is 0 Å². The van der Waals surface area contributed by atoms with Crippen LogP contribution in [0.3, 0.4) is 0 Å². The summed E-state index contributed by atoms with van der Waals surface area (Å²) in [6.45, 7) is 3.74. The minimum atomic E-state index is 0.134. The number of rotatable bonds is 6. The minimum Gasteiger partial charge on any atom is -0.337 e. The Balaban J connectivity index is 2.70. The molecule has 5 heteroatoms. The number of unbranched alkanes of at least 4 members (excludes halogenated alkanes) is 1. The summed E-state index contributed by atoms with van der Waals surface area (Å²) in [5.74, 6) is 0.134. The fourth-order valence-electron chi connectivity index (χ4n) is 1.36. The van der Waals surface area contributed by atoms with Crippen LogP contribution in [0, 0.1) is 0 Å². The molecule has 0 saturated carbocycles. The summed E-state index contributed by atoms with van der Waals surface area (Å²) in [5.41, 5.74) is 0. The van der Waals surface area contributed by atoms with E-state index in [1.54, 1.807) is 0 Å². The highest BCUT2D eigenvalue weighted by molar-refractivity contribution is 9.10. The second-order valence-corrected chi connectivity index (χ2v) is 6.00. The third-order valence-corrected chi connectivity index (χ3v) is 4.41. The zero-order chi connectivity index (χ0) is 12.0. The molecular formula is C11H15Br2NOS. The van der Waals surface area contributed by atoms with Gasteiger partial charge in [0.1, 0.15) is 4.88 Å². The molecule has 0 unspecified atom stereocenters. The topological polar surface area (TPSA) is 20.3 Å². The molecule has 2 nitrogen and oxygen atoms in total. The van der Waals surface area contributed by atoms with E-state index in [1.165, 1.54) is 11.3 Å². The van der Waals surface area contributed by atoms with Crippen molar-refractivity contribution in [3.8, 4) is 0 Å². The first-order chi connectivity index (χ1) is 7.70. The van der Waals surface area contributed by atoms with Crippen LogP contribution in [0.25, 0.3) is 0 Å². The fourth-order valence-corrected chi connectivity index (χ4v) is 3.29. The lowest BCUT2D eigenvalue weighted by Gasteiger charge is -2.21. The Hall–Kier alpha value is 0.130. The predicted molar refractivity (Wildman–Crippen MR) is 76.6 cm³/mol. The van der Waals surface area contributed by atoms with Crippen LogP contribution in [0.2, 0.25) is 0 Å². The Morgan fingerprint density at radius 2 is 2.25 bits per heavy atom. The first-order valence-electron chi connectivity index (χ1n) is 5.29. The Morgan fingerprint density at radius 3 is 2.75 bits per heavy atom. The number of halogens is 2. The Bertz CT molecular complexity index is 340. The van der Waals surface area contributed by atoms with Gasteiger partial charge in [0.05, 0.1) is 0 Å². The highest BCUT2D eigenvalue weighted by Crippen LogP contribution is 2.24. The highest BCUT2D eigenvalue weighted by Gasteiger charge is 2.18. The molecule has 0 N–H and O–H groups in total. The van der Waals surface area contributed by atoms with Crippen molar-refractivity contribution in [2.75, 3.05) is 18.4 Å². The van der Waals surface area contributed by atoms with Gasteiger partial charge in [0.25, 0.3) is 5.91 Å². The maximum absolute atomic E-state index is 12.2. The molecule has 0 atom stereocenters. The molecule has 1 aromatic rings. The Kier molecular flexibility index (Phi) is 6.61. The molecule has 0 saturated heterocycles. The number of hydrogen-bond donors (Lipinski definition) is 0. The highest BCUT2D eigenvalue weighted by atomic mass is 79.9. The molecule has 0 spiro atoms. The van der Waals surface area contributed by atoms with E-state index in [1.807, 2.05) is 16.3 Å². The number of amides is 1. The van der Waals surface area contributed by atoms with Crippen LogP contribution in [0.4, 0.5) is 0 Å². The van der Waals surface area contributed by atoms with Gasteiger partial charge < -0.3 is 4.90 Å². The predicted octanol–water partition coefficient (Wildman–Crippen LogP) is 4.15. The van der Waals surface area contributed by atoms with Gasteiger partial charge >= 0.3 is 0 Å². The molecule has 90 valence electrons. The molecular weight excluding hydrogens is 354 g/mol. The molecule has 0 aliphatic carbocycles. The van der Waals surface area contributed by atoms with Crippen molar-refractivity contribution in [1.29, 1.82) is 0 Å². The molecule has 0 aliphatic rings. The second kappa shape index (κ2) is 7.45. The van der Waals surface area contributed by atoms with E-state index >= 15 is 0 Å². The summed E-state index contributed by atoms with van der Waals surface area (Å²) >= 11 is 8.29. The number of alkyl halides is 1. The summed E-state index contributed by atoms with van der Waals surface area (Å²) < 4.78 is 0.901. The number of thiophene rings is 1. The Morgan fingerprint density at radius 1 is 1.50 bits per heavy atom. The molecule has 0 aromatic carbocycles. The maximum Gasteiger partial charge on any atom is 0.265 e. The first kappa shape index (κ1) is 14.2. The van der Waals surface area contributed by atoms with Gasteiger partial charge in [0, 0.05) is 22.9 Å². The van der Waals surface area contributed by atoms with Crippen LogP contribution < -0.4 is 0 Å². The lowest BCUT2D eigenvalue weighted by Crippen LogP contribution is -2.33. The van der Waals surface area contributed by atoms with E-state index in [9.17, 15) is 4.79 Å². The molecule has 0 radical (unpaired) electrons. The molecule has 0 aliphatic heterocycles. The third kappa shape index (κ3) is 3.86. The lowest BCUT2D eigenvalue weighted by molar-refractivity contribution is 0.0768. The number of nitrogens with zero attached hydrogens (tertiary/aromatic N) is 1. The monoisotopic (exact) mass is 367 g/mol. The molecule has 1 heterocycles. The van der Waals surface area contributed by atoms with Gasteiger partial charge in [0.15, 0.2) is 0 Å². The maximum atomic E-state index is 12.2. The smallest absolute Gasteiger partial charge is 0.265 e. The third-order valence-electron chi connectivity index (χ3n) is 2.23. The molecule has 0 fully saturated rings. The normalized spacial score (nSPS) is 10.4. The van der Waals surface area contributed by atoms with E-state index in [2.05, 4.69) is 38.8 Å². The molecule has 1 rings (SSSR count). The van der Waals surface area contributed by atoms with E-state index < -0.39 is 0 Å². The summed E-state index contributed by atoms with van der Waals surface area (Å²) in [5, 5.41) is 2.76. The lowest BCUT2D eigenvalue weighted by atomic mass is 10.3. The van der Waals surface area contributed by atoms with Crippen LogP contribution in [0.15, 0.2) is 15.9 Å². The van der Waals surface area contributed by atoms with Crippen molar-refractivity contribution in [3.05, 3.63) is 20.8 Å². The number of carbonyl (C=O) groups is 1. The molecule has 1 amide bonds. The first-order valence-corrected chi connectivity index (χ1v) is 8.08. The largest absolute Gasteiger partial charge is 0.337 e. The van der Waals surface area contributed by atoms with E-state index in [0.717, 1.165) is 40.6 Å². The van der Waals surface area contributed by atoms with Crippen LogP contribution in [-0.4, -0.2) is 29.2 Å². The van der Waals surface area contributed by atoms with Crippen molar-refractivity contribution < 1.29 is 4.79 Å². The van der Waals surface area contributed by atoms with Gasteiger partial charge in [-0.3, -0.25) is 4.79 Å². The van der Waals surface area contributed by atoms with E-state index in [-0.39, 0.29) is 5.91 Å². The summed E-state index contributed by atoms with van der Waals surface area (Å²) in [6.07, 6.45) is 2.17. The zero-order valence-electron chi connectivity index (χ0n) is 9.21. The number of carbonyl (C=O) groups excluding carboxylic acids is 1. The Labute approximate surface area is 117 Å². The van der Waals surface area contributed by atoms with Gasteiger partial charge in [-0.1, -0.05) is 29.3 Å². The molecule has 0 bridgehead atoms. The van der Waals surface area contributed by atoms with Crippen LogP contribution >= 0.6 is 43.2 Å². The average molecular weight is 369 g/mol. The van der Waals surface area contributed by atoms with Crippen LogP contribution in [0.5, 0.6) is 0 Å². The zero-order valence-corrected chi connectivity index (χ0v) is 13.2. The summed E-state index contributed by atoms with van der Waals surface area (Å²) in [7, 11) is 0. The minimum absolute atomic E-state index is 0.134. The van der Waals surface area contributed by atoms with Crippen LogP contribution in [0.1, 0.15) is 29.4 Å². The van der Waals surface area contributed by atoms with Crippen molar-refractivity contribution in [1.82, 2.24) is 4.90 Å². The summed E-state index contributed by atoms with van der Waals surface area (Å²) in [6, 6.07) is 1.92. The molecule has 1 aromatic heterocycles. The van der Waals surface area contributed by atoms with Crippen molar-refractivity contribution in [3.63, 3.8) is 0 Å². The average Bonchev–Trinajstić information content (AvgIpc) is 2.69. The fraction of sp³-hybridized carbons (Fsp3) is 0.545.